The van der Waals surface area contributed by atoms with Crippen molar-refractivity contribution in [3.63, 3.8) is 0 Å². The highest BCUT2D eigenvalue weighted by atomic mass is 32.1. The van der Waals surface area contributed by atoms with Crippen LogP contribution in [-0.4, -0.2) is 19.9 Å². The lowest BCUT2D eigenvalue weighted by Crippen LogP contribution is -2.00. The summed E-state index contributed by atoms with van der Waals surface area (Å²) >= 11 is 1.71. The van der Waals surface area contributed by atoms with E-state index in [1.807, 2.05) is 84.9 Å². The third-order valence-corrected chi connectivity index (χ3v) is 7.71. The van der Waals surface area contributed by atoms with Gasteiger partial charge in [0.05, 0.1) is 10.2 Å². The SMILES string of the molecule is c1ccc(-c2nc(-c3ccccc3)nc(-c3cc(-c4ccccc4)c4sc(-c5ccccc5)nc4c3)n2)cc1. The van der Waals surface area contributed by atoms with Gasteiger partial charge in [-0.2, -0.15) is 0 Å². The highest BCUT2D eigenvalue weighted by Crippen LogP contribution is 2.39. The maximum absolute atomic E-state index is 5.06. The number of hydrogen-bond acceptors (Lipinski definition) is 5. The topological polar surface area (TPSA) is 51.6 Å². The van der Waals surface area contributed by atoms with E-state index >= 15 is 0 Å². The molecular weight excluding hydrogens is 496 g/mol. The Balaban J connectivity index is 1.47. The summed E-state index contributed by atoms with van der Waals surface area (Å²) in [6, 6.07) is 45.2. The van der Waals surface area contributed by atoms with E-state index in [0.717, 1.165) is 48.6 Å². The molecular formula is C34H22N4S. The lowest BCUT2D eigenvalue weighted by molar-refractivity contribution is 1.07. The van der Waals surface area contributed by atoms with Gasteiger partial charge >= 0.3 is 0 Å². The molecule has 7 rings (SSSR count). The average Bonchev–Trinajstić information content (AvgIpc) is 3.47. The number of thiazole rings is 1. The molecule has 0 saturated carbocycles. The van der Waals surface area contributed by atoms with Gasteiger partial charge in [0.1, 0.15) is 5.01 Å². The van der Waals surface area contributed by atoms with Gasteiger partial charge in [0, 0.05) is 27.8 Å². The van der Waals surface area contributed by atoms with Gasteiger partial charge in [0.2, 0.25) is 0 Å². The summed E-state index contributed by atoms with van der Waals surface area (Å²) < 4.78 is 1.14. The number of aromatic nitrogens is 4. The van der Waals surface area contributed by atoms with Crippen LogP contribution in [0, 0.1) is 0 Å². The summed E-state index contributed by atoms with van der Waals surface area (Å²) in [5, 5.41) is 0.991. The summed E-state index contributed by atoms with van der Waals surface area (Å²) in [6.45, 7) is 0. The van der Waals surface area contributed by atoms with Crippen molar-refractivity contribution in [3.8, 4) is 55.9 Å². The largest absolute Gasteiger partial charge is 0.236 e. The van der Waals surface area contributed by atoms with Crippen molar-refractivity contribution < 1.29 is 0 Å². The quantitative estimate of drug-likeness (QED) is 0.228. The first-order valence-electron chi connectivity index (χ1n) is 12.7. The summed E-state index contributed by atoms with van der Waals surface area (Å²) in [5.41, 5.74) is 7.09. The predicted molar refractivity (Wildman–Crippen MR) is 160 cm³/mol. The number of hydrogen-bond donors (Lipinski definition) is 0. The summed E-state index contributed by atoms with van der Waals surface area (Å²) in [5.74, 6) is 1.91. The number of fused-ring (bicyclic) bond motifs is 1. The first kappa shape index (κ1) is 23.1. The Bertz CT molecular complexity index is 1830. The van der Waals surface area contributed by atoms with Crippen LogP contribution in [-0.2, 0) is 0 Å². The van der Waals surface area contributed by atoms with E-state index in [-0.39, 0.29) is 0 Å². The fraction of sp³-hybridized carbons (Fsp3) is 0. The van der Waals surface area contributed by atoms with Crippen molar-refractivity contribution >= 4 is 21.6 Å². The van der Waals surface area contributed by atoms with E-state index in [4.69, 9.17) is 19.9 Å². The lowest BCUT2D eigenvalue weighted by atomic mass is 10.0. The molecule has 0 aliphatic rings. The van der Waals surface area contributed by atoms with Gasteiger partial charge in [-0.3, -0.25) is 0 Å². The van der Waals surface area contributed by atoms with Crippen molar-refractivity contribution in [2.24, 2.45) is 0 Å². The third kappa shape index (κ3) is 4.60. The first-order chi connectivity index (χ1) is 19.3. The minimum absolute atomic E-state index is 0.621. The van der Waals surface area contributed by atoms with Gasteiger partial charge in [-0.25, -0.2) is 19.9 Å². The average molecular weight is 519 g/mol. The summed E-state index contributed by atoms with van der Waals surface area (Å²) in [4.78, 5) is 19.8. The monoisotopic (exact) mass is 518 g/mol. The lowest BCUT2D eigenvalue weighted by Gasteiger charge is -2.10. The molecule has 2 heterocycles. The van der Waals surface area contributed by atoms with Crippen molar-refractivity contribution in [2.75, 3.05) is 0 Å². The molecule has 0 unspecified atom stereocenters. The summed E-state index contributed by atoms with van der Waals surface area (Å²) in [6.07, 6.45) is 0. The van der Waals surface area contributed by atoms with Crippen LogP contribution < -0.4 is 0 Å². The van der Waals surface area contributed by atoms with Gasteiger partial charge in [0.25, 0.3) is 0 Å². The zero-order valence-corrected chi connectivity index (χ0v) is 21.7. The standard InChI is InChI=1S/C34H22N4S/c1-5-13-23(14-6-1)28-21-27(22-29-30(28)39-34(35-29)26-19-11-4-12-20-26)33-37-31(24-15-7-2-8-16-24)36-32(38-33)25-17-9-3-10-18-25/h1-22H. The number of rotatable bonds is 5. The molecule has 0 spiro atoms. The van der Waals surface area contributed by atoms with Gasteiger partial charge < -0.3 is 0 Å². The van der Waals surface area contributed by atoms with Gasteiger partial charge in [-0.1, -0.05) is 121 Å². The minimum atomic E-state index is 0.621. The minimum Gasteiger partial charge on any atom is -0.236 e. The highest BCUT2D eigenvalue weighted by molar-refractivity contribution is 7.22. The van der Waals surface area contributed by atoms with E-state index in [1.54, 1.807) is 11.3 Å². The molecule has 5 aromatic carbocycles. The molecule has 0 saturated heterocycles. The maximum Gasteiger partial charge on any atom is 0.164 e. The molecule has 7 aromatic rings. The van der Waals surface area contributed by atoms with Crippen LogP contribution >= 0.6 is 11.3 Å². The van der Waals surface area contributed by atoms with E-state index in [1.165, 1.54) is 0 Å². The second-order valence-electron chi connectivity index (χ2n) is 9.16. The van der Waals surface area contributed by atoms with E-state index in [9.17, 15) is 0 Å². The Labute approximate surface area is 230 Å². The molecule has 0 atom stereocenters. The Morgan fingerprint density at radius 3 is 1.33 bits per heavy atom. The first-order valence-corrected chi connectivity index (χ1v) is 13.6. The van der Waals surface area contributed by atoms with Crippen LogP contribution in [0.25, 0.3) is 66.1 Å². The molecule has 184 valence electrons. The Morgan fingerprint density at radius 2 is 0.821 bits per heavy atom. The van der Waals surface area contributed by atoms with Gasteiger partial charge in [-0.05, 0) is 17.7 Å². The molecule has 0 amide bonds. The molecule has 0 aliphatic carbocycles. The van der Waals surface area contributed by atoms with Crippen LogP contribution in [0.3, 0.4) is 0 Å². The molecule has 0 bridgehead atoms. The zero-order chi connectivity index (χ0) is 26.0. The zero-order valence-electron chi connectivity index (χ0n) is 20.9. The fourth-order valence-corrected chi connectivity index (χ4v) is 5.72. The molecule has 2 aromatic heterocycles. The van der Waals surface area contributed by atoms with Crippen molar-refractivity contribution in [1.82, 2.24) is 19.9 Å². The molecule has 0 radical (unpaired) electrons. The molecule has 0 fully saturated rings. The van der Waals surface area contributed by atoms with E-state index in [2.05, 4.69) is 48.5 Å². The van der Waals surface area contributed by atoms with Crippen LogP contribution in [0.2, 0.25) is 0 Å². The smallest absolute Gasteiger partial charge is 0.164 e. The number of nitrogens with zero attached hydrogens (tertiary/aromatic N) is 4. The Hall–Kier alpha value is -5.00. The van der Waals surface area contributed by atoms with Crippen LogP contribution in [0.1, 0.15) is 0 Å². The van der Waals surface area contributed by atoms with Gasteiger partial charge in [-0.15, -0.1) is 11.3 Å². The van der Waals surface area contributed by atoms with Crippen molar-refractivity contribution in [3.05, 3.63) is 133 Å². The normalized spacial score (nSPS) is 11.1. The predicted octanol–water partition coefficient (Wildman–Crippen LogP) is 8.82. The summed E-state index contributed by atoms with van der Waals surface area (Å²) in [7, 11) is 0. The number of benzene rings is 5. The molecule has 4 nitrogen and oxygen atoms in total. The molecule has 0 aliphatic heterocycles. The Morgan fingerprint density at radius 1 is 0.385 bits per heavy atom. The van der Waals surface area contributed by atoms with Crippen LogP contribution in [0.5, 0.6) is 0 Å². The maximum atomic E-state index is 5.06. The molecule has 0 N–H and O–H groups in total. The van der Waals surface area contributed by atoms with Crippen LogP contribution in [0.4, 0.5) is 0 Å². The second-order valence-corrected chi connectivity index (χ2v) is 10.2. The fourth-order valence-electron chi connectivity index (χ4n) is 4.64. The van der Waals surface area contributed by atoms with Crippen molar-refractivity contribution in [2.45, 2.75) is 0 Å². The van der Waals surface area contributed by atoms with Crippen LogP contribution in [0.15, 0.2) is 133 Å². The van der Waals surface area contributed by atoms with E-state index in [0.29, 0.717) is 17.5 Å². The molecule has 39 heavy (non-hydrogen) atoms. The van der Waals surface area contributed by atoms with Crippen molar-refractivity contribution in [1.29, 1.82) is 0 Å². The molecule has 5 heteroatoms. The van der Waals surface area contributed by atoms with E-state index < -0.39 is 0 Å². The highest BCUT2D eigenvalue weighted by Gasteiger charge is 2.17. The second kappa shape index (κ2) is 10.0. The Kier molecular flexibility index (Phi) is 5.96. The van der Waals surface area contributed by atoms with Gasteiger partial charge in [0.15, 0.2) is 17.5 Å². The third-order valence-electron chi connectivity index (χ3n) is 6.55.